The summed E-state index contributed by atoms with van der Waals surface area (Å²) in [7, 11) is 0. The van der Waals surface area contributed by atoms with E-state index < -0.39 is 0 Å². The standard InChI is InChI=1S/C24H28Cl2N4O3/c1-15(2)13-29(23(32)19-7-6-10-33-19)14-22(31)27-21-12-20(24(3,4)5)28-30(21)16-8-9-17(25)18(26)11-16/h6-12,15H,13-14H2,1-5H3,(H,27,31). The molecular weight excluding hydrogens is 463 g/mol. The zero-order valence-electron chi connectivity index (χ0n) is 19.4. The van der Waals surface area contributed by atoms with Crippen molar-refractivity contribution in [3.05, 3.63) is 64.2 Å². The highest BCUT2D eigenvalue weighted by molar-refractivity contribution is 6.42. The van der Waals surface area contributed by atoms with Gasteiger partial charge in [0.25, 0.3) is 5.91 Å². The first-order valence-corrected chi connectivity index (χ1v) is 11.4. The monoisotopic (exact) mass is 490 g/mol. The van der Waals surface area contributed by atoms with E-state index in [0.29, 0.717) is 28.1 Å². The SMILES string of the molecule is CC(C)CN(CC(=O)Nc1cc(C(C)(C)C)nn1-c1ccc(Cl)c(Cl)c1)C(=O)c1ccco1. The molecule has 0 atom stereocenters. The summed E-state index contributed by atoms with van der Waals surface area (Å²) < 4.78 is 6.85. The Balaban J connectivity index is 1.88. The van der Waals surface area contributed by atoms with Crippen LogP contribution in [0.2, 0.25) is 10.0 Å². The second-order valence-electron chi connectivity index (χ2n) is 9.28. The normalized spacial score (nSPS) is 11.6. The average molecular weight is 491 g/mol. The highest BCUT2D eigenvalue weighted by Gasteiger charge is 2.25. The molecule has 0 aliphatic rings. The Hall–Kier alpha value is -2.77. The average Bonchev–Trinajstić information content (AvgIpc) is 3.38. The molecule has 1 aromatic carbocycles. The number of amides is 2. The van der Waals surface area contributed by atoms with Gasteiger partial charge in [-0.3, -0.25) is 9.59 Å². The number of carbonyl (C=O) groups is 2. The summed E-state index contributed by atoms with van der Waals surface area (Å²) in [5, 5.41) is 8.39. The number of hydrogen-bond acceptors (Lipinski definition) is 4. The van der Waals surface area contributed by atoms with Gasteiger partial charge in [0.1, 0.15) is 12.4 Å². The van der Waals surface area contributed by atoms with E-state index in [1.807, 2.05) is 40.7 Å². The number of rotatable bonds is 7. The lowest BCUT2D eigenvalue weighted by molar-refractivity contribution is -0.117. The van der Waals surface area contributed by atoms with Crippen LogP contribution in [0.15, 0.2) is 47.1 Å². The molecule has 0 aliphatic heterocycles. The van der Waals surface area contributed by atoms with Crippen molar-refractivity contribution in [2.75, 3.05) is 18.4 Å². The minimum absolute atomic E-state index is 0.130. The maximum atomic E-state index is 13.0. The minimum Gasteiger partial charge on any atom is -0.459 e. The molecule has 0 spiro atoms. The number of nitrogens with zero attached hydrogens (tertiary/aromatic N) is 3. The zero-order valence-corrected chi connectivity index (χ0v) is 20.9. The fourth-order valence-electron chi connectivity index (χ4n) is 3.22. The van der Waals surface area contributed by atoms with E-state index >= 15 is 0 Å². The minimum atomic E-state index is -0.350. The first-order valence-electron chi connectivity index (χ1n) is 10.6. The Morgan fingerprint density at radius 3 is 2.45 bits per heavy atom. The lowest BCUT2D eigenvalue weighted by Gasteiger charge is -2.23. The first-order chi connectivity index (χ1) is 15.5. The molecule has 9 heteroatoms. The number of nitrogens with one attached hydrogen (secondary N) is 1. The van der Waals surface area contributed by atoms with Crippen molar-refractivity contribution in [3.8, 4) is 5.69 Å². The van der Waals surface area contributed by atoms with Gasteiger partial charge in [-0.15, -0.1) is 0 Å². The summed E-state index contributed by atoms with van der Waals surface area (Å²) in [5.74, 6) is 0.151. The van der Waals surface area contributed by atoms with Crippen LogP contribution >= 0.6 is 23.2 Å². The third-order valence-corrected chi connectivity index (χ3v) is 5.57. The van der Waals surface area contributed by atoms with Crippen LogP contribution in [0, 0.1) is 5.92 Å². The van der Waals surface area contributed by atoms with Crippen molar-refractivity contribution in [3.63, 3.8) is 0 Å². The Kier molecular flexibility index (Phi) is 7.55. The summed E-state index contributed by atoms with van der Waals surface area (Å²) in [6.07, 6.45) is 1.44. The van der Waals surface area contributed by atoms with Crippen molar-refractivity contribution in [1.82, 2.24) is 14.7 Å². The molecule has 7 nitrogen and oxygen atoms in total. The van der Waals surface area contributed by atoms with Crippen LogP contribution in [0.25, 0.3) is 5.69 Å². The molecule has 176 valence electrons. The third-order valence-electron chi connectivity index (χ3n) is 4.83. The van der Waals surface area contributed by atoms with E-state index in [-0.39, 0.29) is 35.5 Å². The van der Waals surface area contributed by atoms with E-state index in [1.165, 1.54) is 11.2 Å². The zero-order chi connectivity index (χ0) is 24.3. The third kappa shape index (κ3) is 6.18. The van der Waals surface area contributed by atoms with Gasteiger partial charge >= 0.3 is 0 Å². The molecule has 3 aromatic rings. The molecule has 0 fully saturated rings. The van der Waals surface area contributed by atoms with Crippen molar-refractivity contribution in [1.29, 1.82) is 0 Å². The van der Waals surface area contributed by atoms with Crippen LogP contribution in [0.5, 0.6) is 0 Å². The summed E-state index contributed by atoms with van der Waals surface area (Å²) in [6, 6.07) is 10.2. The summed E-state index contributed by atoms with van der Waals surface area (Å²) in [6.45, 7) is 10.3. The molecule has 0 saturated heterocycles. The van der Waals surface area contributed by atoms with Gasteiger partial charge in [-0.2, -0.15) is 5.10 Å². The van der Waals surface area contributed by atoms with E-state index in [0.717, 1.165) is 5.69 Å². The largest absolute Gasteiger partial charge is 0.459 e. The number of anilines is 1. The fourth-order valence-corrected chi connectivity index (χ4v) is 3.51. The molecule has 0 bridgehead atoms. The lowest BCUT2D eigenvalue weighted by Crippen LogP contribution is -2.40. The van der Waals surface area contributed by atoms with Crippen LogP contribution < -0.4 is 5.32 Å². The van der Waals surface area contributed by atoms with Crippen LogP contribution in [0.1, 0.15) is 50.9 Å². The number of benzene rings is 1. The second kappa shape index (κ2) is 10.0. The molecule has 0 unspecified atom stereocenters. The molecule has 1 N–H and O–H groups in total. The smallest absolute Gasteiger partial charge is 0.290 e. The quantitative estimate of drug-likeness (QED) is 0.453. The summed E-state index contributed by atoms with van der Waals surface area (Å²) >= 11 is 12.3. The van der Waals surface area contributed by atoms with E-state index in [4.69, 9.17) is 27.6 Å². The molecule has 2 amide bonds. The number of furan rings is 1. The van der Waals surface area contributed by atoms with E-state index in [1.54, 1.807) is 35.0 Å². The predicted octanol–water partition coefficient (Wildman–Crippen LogP) is 5.81. The Morgan fingerprint density at radius 1 is 1.15 bits per heavy atom. The van der Waals surface area contributed by atoms with Gasteiger partial charge in [0.05, 0.1) is 27.7 Å². The Labute approximate surface area is 203 Å². The van der Waals surface area contributed by atoms with Gasteiger partial charge in [0.15, 0.2) is 5.76 Å². The van der Waals surface area contributed by atoms with Gasteiger partial charge in [-0.1, -0.05) is 57.8 Å². The highest BCUT2D eigenvalue weighted by Crippen LogP contribution is 2.29. The molecule has 0 aliphatic carbocycles. The van der Waals surface area contributed by atoms with Crippen LogP contribution in [-0.2, 0) is 10.2 Å². The lowest BCUT2D eigenvalue weighted by atomic mass is 9.92. The second-order valence-corrected chi connectivity index (χ2v) is 10.1. The highest BCUT2D eigenvalue weighted by atomic mass is 35.5. The maximum absolute atomic E-state index is 13.0. The van der Waals surface area contributed by atoms with Gasteiger partial charge in [0, 0.05) is 18.0 Å². The van der Waals surface area contributed by atoms with Gasteiger partial charge in [0.2, 0.25) is 5.91 Å². The number of aromatic nitrogens is 2. The van der Waals surface area contributed by atoms with Crippen LogP contribution in [0.3, 0.4) is 0 Å². The van der Waals surface area contributed by atoms with Gasteiger partial charge in [-0.25, -0.2) is 4.68 Å². The first kappa shape index (κ1) is 24.9. The topological polar surface area (TPSA) is 80.4 Å². The number of halogens is 2. The molecule has 2 aromatic heterocycles. The van der Waals surface area contributed by atoms with Gasteiger partial charge < -0.3 is 14.6 Å². The molecule has 2 heterocycles. The Morgan fingerprint density at radius 2 is 1.88 bits per heavy atom. The summed E-state index contributed by atoms with van der Waals surface area (Å²) in [4.78, 5) is 27.3. The molecule has 0 saturated carbocycles. The van der Waals surface area contributed by atoms with E-state index in [2.05, 4.69) is 10.4 Å². The molecular formula is C24H28Cl2N4O3. The molecule has 33 heavy (non-hydrogen) atoms. The van der Waals surface area contributed by atoms with E-state index in [9.17, 15) is 9.59 Å². The van der Waals surface area contributed by atoms with Crippen molar-refractivity contribution < 1.29 is 14.0 Å². The number of hydrogen-bond donors (Lipinski definition) is 1. The molecule has 0 radical (unpaired) electrons. The van der Waals surface area contributed by atoms with Crippen LogP contribution in [-0.4, -0.2) is 39.6 Å². The maximum Gasteiger partial charge on any atom is 0.290 e. The number of carbonyl (C=O) groups excluding carboxylic acids is 2. The molecule has 3 rings (SSSR count). The van der Waals surface area contributed by atoms with Crippen molar-refractivity contribution in [2.45, 2.75) is 40.0 Å². The van der Waals surface area contributed by atoms with Crippen molar-refractivity contribution in [2.24, 2.45) is 5.92 Å². The Bertz CT molecular complexity index is 1130. The summed E-state index contributed by atoms with van der Waals surface area (Å²) in [5.41, 5.74) is 1.19. The van der Waals surface area contributed by atoms with Crippen LogP contribution in [0.4, 0.5) is 5.82 Å². The van der Waals surface area contributed by atoms with Gasteiger partial charge in [-0.05, 0) is 36.2 Å². The fraction of sp³-hybridized carbons (Fsp3) is 0.375. The van der Waals surface area contributed by atoms with Crippen molar-refractivity contribution >= 4 is 40.8 Å². The predicted molar refractivity (Wildman–Crippen MR) is 130 cm³/mol.